The van der Waals surface area contributed by atoms with Crippen molar-refractivity contribution in [3.63, 3.8) is 0 Å². The molecule has 2 aromatic rings. The lowest BCUT2D eigenvalue weighted by Gasteiger charge is -2.10. The van der Waals surface area contributed by atoms with E-state index in [4.69, 9.17) is 23.2 Å². The van der Waals surface area contributed by atoms with Crippen LogP contribution in [0.15, 0.2) is 31.5 Å². The fourth-order valence-corrected chi connectivity index (χ4v) is 2.33. The molecule has 3 heteroatoms. The number of pyridine rings is 1. The van der Waals surface area contributed by atoms with E-state index in [0.717, 1.165) is 16.5 Å². The van der Waals surface area contributed by atoms with Gasteiger partial charge in [-0.15, -0.1) is 0 Å². The second-order valence-corrected chi connectivity index (χ2v) is 4.02. The maximum absolute atomic E-state index is 6.28. The summed E-state index contributed by atoms with van der Waals surface area (Å²) >= 11 is 12.5. The second kappa shape index (κ2) is 4.28. The quantitative estimate of drug-likeness (QED) is 0.743. The molecule has 0 N–H and O–H groups in total. The van der Waals surface area contributed by atoms with Gasteiger partial charge in [0, 0.05) is 22.7 Å². The van der Waals surface area contributed by atoms with E-state index in [1.807, 2.05) is 12.1 Å². The topological polar surface area (TPSA) is 12.9 Å². The smallest absolute Gasteiger partial charge is 0.0909 e. The number of hydrogen-bond donors (Lipinski definition) is 0. The van der Waals surface area contributed by atoms with E-state index in [2.05, 4.69) is 18.1 Å². The number of nitrogens with zero attached hydrogens (tertiary/aromatic N) is 1. The van der Waals surface area contributed by atoms with E-state index in [0.29, 0.717) is 15.6 Å². The van der Waals surface area contributed by atoms with Gasteiger partial charge in [0.15, 0.2) is 0 Å². The van der Waals surface area contributed by atoms with Gasteiger partial charge in [0.25, 0.3) is 0 Å². The Morgan fingerprint density at radius 2 is 1.69 bits per heavy atom. The van der Waals surface area contributed by atoms with Crippen molar-refractivity contribution >= 4 is 46.3 Å². The molecule has 1 aromatic heterocycles. The molecular weight excluding hydrogens is 241 g/mol. The van der Waals surface area contributed by atoms with Gasteiger partial charge in [-0.25, -0.2) is 0 Å². The van der Waals surface area contributed by atoms with Crippen LogP contribution in [-0.4, -0.2) is 4.98 Å². The number of benzene rings is 1. The van der Waals surface area contributed by atoms with Gasteiger partial charge in [0.1, 0.15) is 0 Å². The lowest BCUT2D eigenvalue weighted by Crippen LogP contribution is -1.90. The summed E-state index contributed by atoms with van der Waals surface area (Å²) in [5.74, 6) is 0. The zero-order valence-electron chi connectivity index (χ0n) is 8.50. The summed E-state index contributed by atoms with van der Waals surface area (Å²) in [6.45, 7) is 7.47. The average molecular weight is 250 g/mol. The van der Waals surface area contributed by atoms with Crippen molar-refractivity contribution in [1.29, 1.82) is 0 Å². The number of rotatable bonds is 2. The van der Waals surface area contributed by atoms with Gasteiger partial charge in [0.2, 0.25) is 0 Å². The molecule has 0 atom stereocenters. The van der Waals surface area contributed by atoms with E-state index < -0.39 is 0 Å². The summed E-state index contributed by atoms with van der Waals surface area (Å²) in [4.78, 5) is 4.23. The van der Waals surface area contributed by atoms with Crippen molar-refractivity contribution in [3.05, 3.63) is 52.7 Å². The SMILES string of the molecule is C=Cc1c(C=C)c(Cl)c2ncccc2c1Cl. The van der Waals surface area contributed by atoms with E-state index in [9.17, 15) is 0 Å². The van der Waals surface area contributed by atoms with Crippen LogP contribution in [0.2, 0.25) is 10.0 Å². The molecule has 0 aliphatic rings. The van der Waals surface area contributed by atoms with E-state index in [-0.39, 0.29) is 0 Å². The predicted molar refractivity (Wildman–Crippen MR) is 71.9 cm³/mol. The van der Waals surface area contributed by atoms with Crippen molar-refractivity contribution in [3.8, 4) is 0 Å². The molecule has 1 aromatic carbocycles. The molecule has 1 heterocycles. The zero-order valence-corrected chi connectivity index (χ0v) is 10.0. The van der Waals surface area contributed by atoms with Gasteiger partial charge in [-0.05, 0) is 12.1 Å². The maximum Gasteiger partial charge on any atom is 0.0909 e. The molecule has 0 radical (unpaired) electrons. The first-order valence-electron chi connectivity index (χ1n) is 4.71. The minimum atomic E-state index is 0.560. The van der Waals surface area contributed by atoms with Gasteiger partial charge in [0.05, 0.1) is 15.6 Å². The monoisotopic (exact) mass is 249 g/mol. The largest absolute Gasteiger partial charge is 0.255 e. The molecule has 0 spiro atoms. The van der Waals surface area contributed by atoms with Gasteiger partial charge in [-0.1, -0.05) is 48.5 Å². The number of fused-ring (bicyclic) bond motifs is 1. The van der Waals surface area contributed by atoms with Gasteiger partial charge in [-0.3, -0.25) is 4.98 Å². The van der Waals surface area contributed by atoms with E-state index >= 15 is 0 Å². The van der Waals surface area contributed by atoms with Crippen LogP contribution in [-0.2, 0) is 0 Å². The Bertz CT molecular complexity index is 535. The van der Waals surface area contributed by atoms with Crippen LogP contribution in [0.25, 0.3) is 23.1 Å². The van der Waals surface area contributed by atoms with Gasteiger partial charge < -0.3 is 0 Å². The number of halogens is 2. The molecule has 2 rings (SSSR count). The highest BCUT2D eigenvalue weighted by molar-refractivity contribution is 6.42. The molecule has 0 saturated heterocycles. The maximum atomic E-state index is 6.28. The molecule has 0 aliphatic carbocycles. The van der Waals surface area contributed by atoms with Crippen molar-refractivity contribution in [1.82, 2.24) is 4.98 Å². The van der Waals surface area contributed by atoms with Gasteiger partial charge >= 0.3 is 0 Å². The molecule has 0 amide bonds. The molecular formula is C13H9Cl2N. The van der Waals surface area contributed by atoms with Crippen LogP contribution in [0.4, 0.5) is 0 Å². The highest BCUT2D eigenvalue weighted by Gasteiger charge is 2.13. The third kappa shape index (κ3) is 1.53. The van der Waals surface area contributed by atoms with Crippen LogP contribution in [0.1, 0.15) is 11.1 Å². The Morgan fingerprint density at radius 3 is 2.31 bits per heavy atom. The Kier molecular flexibility index (Phi) is 2.99. The summed E-state index contributed by atoms with van der Waals surface area (Å²) in [5.41, 5.74) is 2.25. The summed E-state index contributed by atoms with van der Waals surface area (Å²) in [6.07, 6.45) is 5.03. The first-order chi connectivity index (χ1) is 7.70. The Hall–Kier alpha value is -1.31. The summed E-state index contributed by atoms with van der Waals surface area (Å²) in [6, 6.07) is 3.71. The van der Waals surface area contributed by atoms with Crippen molar-refractivity contribution in [2.75, 3.05) is 0 Å². The number of aromatic nitrogens is 1. The lowest BCUT2D eigenvalue weighted by molar-refractivity contribution is 1.41. The van der Waals surface area contributed by atoms with Crippen LogP contribution in [0.3, 0.4) is 0 Å². The minimum Gasteiger partial charge on any atom is -0.255 e. The molecule has 1 nitrogen and oxygen atoms in total. The first-order valence-corrected chi connectivity index (χ1v) is 5.46. The molecule has 80 valence electrons. The number of hydrogen-bond acceptors (Lipinski definition) is 1. The van der Waals surface area contributed by atoms with Crippen LogP contribution < -0.4 is 0 Å². The molecule has 16 heavy (non-hydrogen) atoms. The summed E-state index contributed by atoms with van der Waals surface area (Å²) in [7, 11) is 0. The molecule has 0 unspecified atom stereocenters. The van der Waals surface area contributed by atoms with Crippen LogP contribution >= 0.6 is 23.2 Å². The Balaban J connectivity index is 3.04. The molecule has 0 fully saturated rings. The average Bonchev–Trinajstić information content (AvgIpc) is 2.33. The standard InChI is InChI=1S/C13H9Cl2N/c1-3-8-9(4-2)12(15)13-10(11(8)14)6-5-7-16-13/h3-7H,1-2H2. The lowest BCUT2D eigenvalue weighted by atomic mass is 10.0. The van der Waals surface area contributed by atoms with Crippen molar-refractivity contribution in [2.24, 2.45) is 0 Å². The minimum absolute atomic E-state index is 0.560. The summed E-state index contributed by atoms with van der Waals surface area (Å²) in [5, 5.41) is 2.00. The van der Waals surface area contributed by atoms with Crippen LogP contribution in [0.5, 0.6) is 0 Å². The molecule has 0 bridgehead atoms. The molecule has 0 saturated carbocycles. The van der Waals surface area contributed by atoms with Crippen molar-refractivity contribution < 1.29 is 0 Å². The normalized spacial score (nSPS) is 10.4. The second-order valence-electron chi connectivity index (χ2n) is 3.26. The highest BCUT2D eigenvalue weighted by atomic mass is 35.5. The third-order valence-electron chi connectivity index (χ3n) is 2.42. The van der Waals surface area contributed by atoms with Crippen molar-refractivity contribution in [2.45, 2.75) is 0 Å². The van der Waals surface area contributed by atoms with E-state index in [1.165, 1.54) is 0 Å². The Morgan fingerprint density at radius 1 is 1.06 bits per heavy atom. The Labute approximate surface area is 104 Å². The fraction of sp³-hybridized carbons (Fsp3) is 0. The predicted octanol–water partition coefficient (Wildman–Crippen LogP) is 4.83. The summed E-state index contributed by atoms with van der Waals surface area (Å²) < 4.78 is 0. The fourth-order valence-electron chi connectivity index (χ4n) is 1.67. The van der Waals surface area contributed by atoms with Crippen LogP contribution in [0, 0.1) is 0 Å². The van der Waals surface area contributed by atoms with Gasteiger partial charge in [-0.2, -0.15) is 0 Å². The van der Waals surface area contributed by atoms with E-state index in [1.54, 1.807) is 18.3 Å². The molecule has 0 aliphatic heterocycles. The third-order valence-corrected chi connectivity index (χ3v) is 3.21. The zero-order chi connectivity index (χ0) is 11.7. The highest BCUT2D eigenvalue weighted by Crippen LogP contribution is 2.37. The first kappa shape index (κ1) is 11.2.